The Bertz CT molecular complexity index is 1060. The van der Waals surface area contributed by atoms with Crippen molar-refractivity contribution in [2.24, 2.45) is 0 Å². The van der Waals surface area contributed by atoms with Crippen LogP contribution in [-0.2, 0) is 17.9 Å². The summed E-state index contributed by atoms with van der Waals surface area (Å²) in [5.74, 6) is 0.307. The SMILES string of the molecule is CC(Oc1ccc(C#N)cc1)C(=O)NCc1ccc(Cn2ccccc2=O)cc1. The number of nitriles is 1. The standard InChI is InChI=1S/C23H21N3O3/c1-17(29-21-11-9-18(14-24)10-12-21)23(28)25-15-19-5-7-20(8-6-19)16-26-13-3-2-4-22(26)27/h2-13,17H,15-16H2,1H3,(H,25,28). The first-order chi connectivity index (χ1) is 14.0. The fourth-order valence-electron chi connectivity index (χ4n) is 2.75. The Labute approximate surface area is 169 Å². The number of nitrogens with zero attached hydrogens (tertiary/aromatic N) is 2. The highest BCUT2D eigenvalue weighted by atomic mass is 16.5. The molecule has 0 spiro atoms. The minimum absolute atomic E-state index is 0.0416. The highest BCUT2D eigenvalue weighted by molar-refractivity contribution is 5.80. The second-order valence-electron chi connectivity index (χ2n) is 6.60. The van der Waals surface area contributed by atoms with Crippen LogP contribution in [-0.4, -0.2) is 16.6 Å². The molecule has 1 atom stereocenters. The number of nitrogens with one attached hydrogen (secondary N) is 1. The number of hydrogen-bond acceptors (Lipinski definition) is 4. The highest BCUT2D eigenvalue weighted by Crippen LogP contribution is 2.13. The summed E-state index contributed by atoms with van der Waals surface area (Å²) < 4.78 is 7.24. The highest BCUT2D eigenvalue weighted by Gasteiger charge is 2.14. The zero-order valence-electron chi connectivity index (χ0n) is 16.0. The number of pyridine rings is 1. The maximum absolute atomic E-state index is 12.3. The molecular weight excluding hydrogens is 366 g/mol. The quantitative estimate of drug-likeness (QED) is 0.676. The van der Waals surface area contributed by atoms with Gasteiger partial charge in [0.2, 0.25) is 0 Å². The molecule has 29 heavy (non-hydrogen) atoms. The van der Waals surface area contributed by atoms with Crippen LogP contribution < -0.4 is 15.6 Å². The van der Waals surface area contributed by atoms with E-state index < -0.39 is 6.10 Å². The zero-order valence-corrected chi connectivity index (χ0v) is 16.0. The van der Waals surface area contributed by atoms with Crippen LogP contribution in [0, 0.1) is 11.3 Å². The lowest BCUT2D eigenvalue weighted by Gasteiger charge is -2.15. The molecule has 1 aromatic heterocycles. The number of hydrogen-bond donors (Lipinski definition) is 1. The summed E-state index contributed by atoms with van der Waals surface area (Å²) in [7, 11) is 0. The Morgan fingerprint density at radius 3 is 2.41 bits per heavy atom. The minimum atomic E-state index is -0.660. The van der Waals surface area contributed by atoms with E-state index in [1.165, 1.54) is 6.07 Å². The first-order valence-electron chi connectivity index (χ1n) is 9.23. The molecule has 0 radical (unpaired) electrons. The predicted octanol–water partition coefficient (Wildman–Crippen LogP) is 2.85. The lowest BCUT2D eigenvalue weighted by molar-refractivity contribution is -0.127. The molecule has 0 aliphatic rings. The zero-order chi connectivity index (χ0) is 20.6. The fourth-order valence-corrected chi connectivity index (χ4v) is 2.75. The van der Waals surface area contributed by atoms with Gasteiger partial charge in [-0.05, 0) is 48.4 Å². The maximum Gasteiger partial charge on any atom is 0.261 e. The monoisotopic (exact) mass is 387 g/mol. The van der Waals surface area contributed by atoms with Gasteiger partial charge < -0.3 is 14.6 Å². The van der Waals surface area contributed by atoms with E-state index in [1.807, 2.05) is 36.4 Å². The Kier molecular flexibility index (Phi) is 6.43. The van der Waals surface area contributed by atoms with Crippen LogP contribution in [0.2, 0.25) is 0 Å². The summed E-state index contributed by atoms with van der Waals surface area (Å²) in [6.45, 7) is 2.56. The van der Waals surface area contributed by atoms with Gasteiger partial charge in [-0.3, -0.25) is 9.59 Å². The van der Waals surface area contributed by atoms with E-state index in [4.69, 9.17) is 10.00 Å². The third kappa shape index (κ3) is 5.56. The molecule has 6 nitrogen and oxygen atoms in total. The molecule has 3 rings (SSSR count). The van der Waals surface area contributed by atoms with Crippen LogP contribution in [0.25, 0.3) is 0 Å². The van der Waals surface area contributed by atoms with Gasteiger partial charge in [-0.15, -0.1) is 0 Å². The first-order valence-corrected chi connectivity index (χ1v) is 9.23. The molecule has 1 heterocycles. The van der Waals surface area contributed by atoms with Crippen molar-refractivity contribution in [3.05, 3.63) is 100.0 Å². The summed E-state index contributed by atoms with van der Waals surface area (Å²) in [5, 5.41) is 11.7. The van der Waals surface area contributed by atoms with Gasteiger partial charge in [-0.2, -0.15) is 5.26 Å². The normalized spacial score (nSPS) is 11.3. The van der Waals surface area contributed by atoms with Crippen LogP contribution in [0.4, 0.5) is 0 Å². The molecule has 0 aliphatic carbocycles. The number of benzene rings is 2. The Hall–Kier alpha value is -3.85. The van der Waals surface area contributed by atoms with Crippen molar-refractivity contribution in [2.45, 2.75) is 26.1 Å². The van der Waals surface area contributed by atoms with Crippen LogP contribution in [0.1, 0.15) is 23.6 Å². The van der Waals surface area contributed by atoms with Crippen LogP contribution in [0.5, 0.6) is 5.75 Å². The predicted molar refractivity (Wildman–Crippen MR) is 109 cm³/mol. The second-order valence-corrected chi connectivity index (χ2v) is 6.60. The van der Waals surface area contributed by atoms with E-state index in [9.17, 15) is 9.59 Å². The number of rotatable bonds is 7. The number of ether oxygens (including phenoxy) is 1. The molecule has 6 heteroatoms. The minimum Gasteiger partial charge on any atom is -0.481 e. The molecule has 146 valence electrons. The molecule has 1 unspecified atom stereocenters. The summed E-state index contributed by atoms with van der Waals surface area (Å²) in [4.78, 5) is 24.0. The van der Waals surface area contributed by atoms with Gasteiger partial charge in [-0.1, -0.05) is 30.3 Å². The van der Waals surface area contributed by atoms with Crippen LogP contribution >= 0.6 is 0 Å². The molecule has 1 amide bonds. The number of aromatic nitrogens is 1. The molecule has 0 saturated heterocycles. The van der Waals surface area contributed by atoms with E-state index in [0.29, 0.717) is 24.4 Å². The summed E-state index contributed by atoms with van der Waals surface area (Å²) in [6.07, 6.45) is 1.10. The summed E-state index contributed by atoms with van der Waals surface area (Å²) >= 11 is 0. The van der Waals surface area contributed by atoms with E-state index in [2.05, 4.69) is 5.32 Å². The van der Waals surface area contributed by atoms with Gasteiger partial charge in [0.05, 0.1) is 18.2 Å². The lowest BCUT2D eigenvalue weighted by Crippen LogP contribution is -2.35. The largest absolute Gasteiger partial charge is 0.481 e. The molecule has 0 bridgehead atoms. The topological polar surface area (TPSA) is 84.1 Å². The number of carbonyl (C=O) groups is 1. The van der Waals surface area contributed by atoms with Crippen molar-refractivity contribution in [3.8, 4) is 11.8 Å². The molecule has 0 saturated carbocycles. The number of amides is 1. The van der Waals surface area contributed by atoms with Crippen molar-refractivity contribution in [3.63, 3.8) is 0 Å². The van der Waals surface area contributed by atoms with Crippen LogP contribution in [0.3, 0.4) is 0 Å². The van der Waals surface area contributed by atoms with Crippen LogP contribution in [0.15, 0.2) is 77.7 Å². The average Bonchev–Trinajstić information content (AvgIpc) is 2.75. The summed E-state index contributed by atoms with van der Waals surface area (Å²) in [6, 6.07) is 21.5. The van der Waals surface area contributed by atoms with Gasteiger partial charge in [0.1, 0.15) is 5.75 Å². The fraction of sp³-hybridized carbons (Fsp3) is 0.174. The van der Waals surface area contributed by atoms with E-state index >= 15 is 0 Å². The molecular formula is C23H21N3O3. The molecule has 0 aliphatic heterocycles. The Morgan fingerprint density at radius 1 is 1.07 bits per heavy atom. The maximum atomic E-state index is 12.3. The lowest BCUT2D eigenvalue weighted by atomic mass is 10.1. The molecule has 0 fully saturated rings. The Morgan fingerprint density at radius 2 is 1.76 bits per heavy atom. The van der Waals surface area contributed by atoms with Gasteiger partial charge in [0.25, 0.3) is 11.5 Å². The average molecular weight is 387 g/mol. The van der Waals surface area contributed by atoms with Crippen molar-refractivity contribution < 1.29 is 9.53 Å². The molecule has 1 N–H and O–H groups in total. The molecule has 2 aromatic carbocycles. The van der Waals surface area contributed by atoms with Crippen molar-refractivity contribution in [2.75, 3.05) is 0 Å². The smallest absolute Gasteiger partial charge is 0.261 e. The third-order valence-electron chi connectivity index (χ3n) is 4.41. The van der Waals surface area contributed by atoms with Crippen molar-refractivity contribution in [1.29, 1.82) is 5.26 Å². The first kappa shape index (κ1) is 19.9. The van der Waals surface area contributed by atoms with E-state index in [0.717, 1.165) is 11.1 Å². The van der Waals surface area contributed by atoms with E-state index in [1.54, 1.807) is 48.0 Å². The van der Waals surface area contributed by atoms with Gasteiger partial charge >= 0.3 is 0 Å². The van der Waals surface area contributed by atoms with Gasteiger partial charge in [-0.25, -0.2) is 0 Å². The molecule has 3 aromatic rings. The van der Waals surface area contributed by atoms with Gasteiger partial charge in [0.15, 0.2) is 6.10 Å². The third-order valence-corrected chi connectivity index (χ3v) is 4.41. The van der Waals surface area contributed by atoms with E-state index in [-0.39, 0.29) is 11.5 Å². The number of carbonyl (C=O) groups excluding carboxylic acids is 1. The van der Waals surface area contributed by atoms with Gasteiger partial charge in [0, 0.05) is 18.8 Å². The summed E-state index contributed by atoms with van der Waals surface area (Å²) in [5.41, 5.74) is 2.45. The van der Waals surface area contributed by atoms with Crippen molar-refractivity contribution in [1.82, 2.24) is 9.88 Å². The Balaban J connectivity index is 1.51. The van der Waals surface area contributed by atoms with Crippen molar-refractivity contribution >= 4 is 5.91 Å². The second kappa shape index (κ2) is 9.38.